The van der Waals surface area contributed by atoms with Crippen LogP contribution in [0.2, 0.25) is 0 Å². The summed E-state index contributed by atoms with van der Waals surface area (Å²) in [6, 6.07) is 9.63. The SMILES string of the molecule is Cc1ccc(NC(=O)CSCc2cc(C)on2)cc1. The first-order valence-corrected chi connectivity index (χ1v) is 7.15. The van der Waals surface area contributed by atoms with Crippen molar-refractivity contribution >= 4 is 23.4 Å². The van der Waals surface area contributed by atoms with Crippen LogP contribution in [0.15, 0.2) is 34.9 Å². The molecule has 0 unspecified atom stereocenters. The van der Waals surface area contributed by atoms with Crippen molar-refractivity contribution in [3.8, 4) is 0 Å². The largest absolute Gasteiger partial charge is 0.361 e. The van der Waals surface area contributed by atoms with E-state index in [1.54, 1.807) is 0 Å². The summed E-state index contributed by atoms with van der Waals surface area (Å²) in [7, 11) is 0. The number of aryl methyl sites for hydroxylation is 2. The quantitative estimate of drug-likeness (QED) is 0.911. The maximum absolute atomic E-state index is 11.7. The minimum absolute atomic E-state index is 0.00549. The highest BCUT2D eigenvalue weighted by molar-refractivity contribution is 7.99. The van der Waals surface area contributed by atoms with Gasteiger partial charge in [0.2, 0.25) is 5.91 Å². The lowest BCUT2D eigenvalue weighted by Crippen LogP contribution is -2.14. The van der Waals surface area contributed by atoms with Gasteiger partial charge in [0.05, 0.1) is 11.4 Å². The second-order valence-electron chi connectivity index (χ2n) is 4.34. The highest BCUT2D eigenvalue weighted by Gasteiger charge is 2.05. The molecule has 1 aromatic heterocycles. The molecule has 0 fully saturated rings. The summed E-state index contributed by atoms with van der Waals surface area (Å²) >= 11 is 1.52. The van der Waals surface area contributed by atoms with Crippen LogP contribution in [0.3, 0.4) is 0 Å². The van der Waals surface area contributed by atoms with Crippen molar-refractivity contribution in [3.05, 3.63) is 47.3 Å². The van der Waals surface area contributed by atoms with Gasteiger partial charge in [-0.2, -0.15) is 0 Å². The van der Waals surface area contributed by atoms with Crippen molar-refractivity contribution in [3.63, 3.8) is 0 Å². The monoisotopic (exact) mass is 276 g/mol. The molecule has 5 heteroatoms. The maximum atomic E-state index is 11.7. The number of thioether (sulfide) groups is 1. The zero-order valence-electron chi connectivity index (χ0n) is 11.0. The lowest BCUT2D eigenvalue weighted by atomic mass is 10.2. The molecule has 0 saturated carbocycles. The fourth-order valence-electron chi connectivity index (χ4n) is 1.57. The van der Waals surface area contributed by atoms with E-state index in [2.05, 4.69) is 10.5 Å². The number of hydrogen-bond acceptors (Lipinski definition) is 4. The van der Waals surface area contributed by atoms with Gasteiger partial charge >= 0.3 is 0 Å². The van der Waals surface area contributed by atoms with Crippen molar-refractivity contribution in [1.29, 1.82) is 0 Å². The molecule has 0 saturated heterocycles. The van der Waals surface area contributed by atoms with Crippen LogP contribution in [0.1, 0.15) is 17.0 Å². The van der Waals surface area contributed by atoms with Crippen molar-refractivity contribution in [2.45, 2.75) is 19.6 Å². The van der Waals surface area contributed by atoms with Gasteiger partial charge in [0, 0.05) is 17.5 Å². The highest BCUT2D eigenvalue weighted by Crippen LogP contribution is 2.13. The Morgan fingerprint density at radius 2 is 2.05 bits per heavy atom. The molecule has 0 radical (unpaired) electrons. The van der Waals surface area contributed by atoms with E-state index in [4.69, 9.17) is 4.52 Å². The summed E-state index contributed by atoms with van der Waals surface area (Å²) in [6.07, 6.45) is 0. The molecule has 0 aliphatic carbocycles. The first-order chi connectivity index (χ1) is 9.13. The highest BCUT2D eigenvalue weighted by atomic mass is 32.2. The number of carbonyl (C=O) groups excluding carboxylic acids is 1. The van der Waals surface area contributed by atoms with E-state index in [9.17, 15) is 4.79 Å². The average molecular weight is 276 g/mol. The number of benzene rings is 1. The van der Waals surface area contributed by atoms with E-state index in [0.29, 0.717) is 11.5 Å². The topological polar surface area (TPSA) is 55.1 Å². The van der Waals surface area contributed by atoms with Gasteiger partial charge in [-0.1, -0.05) is 22.9 Å². The first kappa shape index (κ1) is 13.7. The first-order valence-electron chi connectivity index (χ1n) is 6.00. The fourth-order valence-corrected chi connectivity index (χ4v) is 2.27. The van der Waals surface area contributed by atoms with E-state index < -0.39 is 0 Å². The van der Waals surface area contributed by atoms with E-state index in [-0.39, 0.29) is 5.91 Å². The lowest BCUT2D eigenvalue weighted by molar-refractivity contribution is -0.113. The van der Waals surface area contributed by atoms with Crippen molar-refractivity contribution in [2.75, 3.05) is 11.1 Å². The second-order valence-corrected chi connectivity index (χ2v) is 5.32. The lowest BCUT2D eigenvalue weighted by Gasteiger charge is -2.04. The van der Waals surface area contributed by atoms with Crippen LogP contribution in [0.25, 0.3) is 0 Å². The Morgan fingerprint density at radius 3 is 2.68 bits per heavy atom. The zero-order valence-corrected chi connectivity index (χ0v) is 11.8. The van der Waals surface area contributed by atoms with Crippen LogP contribution in [0, 0.1) is 13.8 Å². The molecule has 0 atom stereocenters. The Hall–Kier alpha value is -1.75. The number of nitrogens with zero attached hydrogens (tertiary/aromatic N) is 1. The molecule has 100 valence electrons. The number of nitrogens with one attached hydrogen (secondary N) is 1. The summed E-state index contributed by atoms with van der Waals surface area (Å²) in [5.74, 6) is 1.87. The molecule has 4 nitrogen and oxygen atoms in total. The summed E-state index contributed by atoms with van der Waals surface area (Å²) in [5, 5.41) is 6.74. The van der Waals surface area contributed by atoms with Gasteiger partial charge in [-0.25, -0.2) is 0 Å². The van der Waals surface area contributed by atoms with Crippen LogP contribution < -0.4 is 5.32 Å². The number of aromatic nitrogens is 1. The van der Waals surface area contributed by atoms with E-state index in [1.165, 1.54) is 17.3 Å². The molecule has 19 heavy (non-hydrogen) atoms. The summed E-state index contributed by atoms with van der Waals surface area (Å²) in [6.45, 7) is 3.87. The van der Waals surface area contributed by atoms with Gasteiger partial charge in [-0.15, -0.1) is 11.8 Å². The van der Waals surface area contributed by atoms with Crippen LogP contribution in [0.5, 0.6) is 0 Å². The number of anilines is 1. The van der Waals surface area contributed by atoms with Gasteiger partial charge in [0.15, 0.2) is 0 Å². The molecule has 1 aromatic carbocycles. The number of carbonyl (C=O) groups is 1. The predicted molar refractivity (Wildman–Crippen MR) is 77.2 cm³/mol. The van der Waals surface area contributed by atoms with Crippen LogP contribution in [-0.2, 0) is 10.5 Å². The van der Waals surface area contributed by atoms with E-state index >= 15 is 0 Å². The summed E-state index contributed by atoms with van der Waals surface area (Å²) in [4.78, 5) is 11.7. The Morgan fingerprint density at radius 1 is 1.32 bits per heavy atom. The number of amides is 1. The maximum Gasteiger partial charge on any atom is 0.234 e. The Kier molecular flexibility index (Phi) is 4.63. The Bertz CT molecular complexity index is 549. The number of hydrogen-bond donors (Lipinski definition) is 1. The fraction of sp³-hybridized carbons (Fsp3) is 0.286. The standard InChI is InChI=1S/C14H16N2O2S/c1-10-3-5-12(6-4-10)15-14(17)9-19-8-13-7-11(2)18-16-13/h3-7H,8-9H2,1-2H3,(H,15,17). The molecule has 0 spiro atoms. The summed E-state index contributed by atoms with van der Waals surface area (Å²) < 4.78 is 4.96. The Balaban J connectivity index is 1.74. The molecule has 0 aliphatic heterocycles. The molecular formula is C14H16N2O2S. The minimum atomic E-state index is -0.00549. The molecular weight excluding hydrogens is 260 g/mol. The summed E-state index contributed by atoms with van der Waals surface area (Å²) in [5.41, 5.74) is 2.87. The molecule has 1 heterocycles. The number of rotatable bonds is 5. The normalized spacial score (nSPS) is 10.4. The van der Waals surface area contributed by atoms with Gasteiger partial charge in [-0.05, 0) is 26.0 Å². The van der Waals surface area contributed by atoms with E-state index in [0.717, 1.165) is 17.1 Å². The molecule has 0 bridgehead atoms. The van der Waals surface area contributed by atoms with Gasteiger partial charge in [-0.3, -0.25) is 4.79 Å². The van der Waals surface area contributed by atoms with Crippen molar-refractivity contribution < 1.29 is 9.32 Å². The predicted octanol–water partition coefficient (Wildman–Crippen LogP) is 3.16. The average Bonchev–Trinajstić information content (AvgIpc) is 2.78. The molecule has 0 aliphatic rings. The minimum Gasteiger partial charge on any atom is -0.361 e. The van der Waals surface area contributed by atoms with Crippen LogP contribution in [0.4, 0.5) is 5.69 Å². The molecule has 2 aromatic rings. The second kappa shape index (κ2) is 6.43. The van der Waals surface area contributed by atoms with Gasteiger partial charge < -0.3 is 9.84 Å². The van der Waals surface area contributed by atoms with Crippen LogP contribution >= 0.6 is 11.8 Å². The van der Waals surface area contributed by atoms with Crippen molar-refractivity contribution in [1.82, 2.24) is 5.16 Å². The molecule has 2 rings (SSSR count). The van der Waals surface area contributed by atoms with Crippen molar-refractivity contribution in [2.24, 2.45) is 0 Å². The Labute approximate surface area is 116 Å². The smallest absolute Gasteiger partial charge is 0.234 e. The third-order valence-corrected chi connectivity index (χ3v) is 3.46. The molecule has 1 N–H and O–H groups in total. The van der Waals surface area contributed by atoms with Gasteiger partial charge in [0.1, 0.15) is 5.76 Å². The van der Waals surface area contributed by atoms with Gasteiger partial charge in [0.25, 0.3) is 0 Å². The molecule has 1 amide bonds. The third-order valence-electron chi connectivity index (χ3n) is 2.50. The van der Waals surface area contributed by atoms with Crippen LogP contribution in [-0.4, -0.2) is 16.8 Å². The third kappa shape index (κ3) is 4.44. The van der Waals surface area contributed by atoms with E-state index in [1.807, 2.05) is 44.2 Å². The zero-order chi connectivity index (χ0) is 13.7.